The summed E-state index contributed by atoms with van der Waals surface area (Å²) in [4.78, 5) is 12.0. The van der Waals surface area contributed by atoms with Crippen molar-refractivity contribution < 1.29 is 19.0 Å². The van der Waals surface area contributed by atoms with Crippen molar-refractivity contribution in [1.29, 1.82) is 0 Å². The van der Waals surface area contributed by atoms with Crippen LogP contribution in [-0.4, -0.2) is 26.7 Å². The van der Waals surface area contributed by atoms with Crippen molar-refractivity contribution in [3.8, 4) is 17.2 Å². The lowest BCUT2D eigenvalue weighted by Gasteiger charge is -2.12. The highest BCUT2D eigenvalue weighted by Crippen LogP contribution is 2.27. The third-order valence-corrected chi connectivity index (χ3v) is 4.37. The zero-order chi connectivity index (χ0) is 18.9. The number of hydrogen-bond donors (Lipinski definition) is 1. The fraction of sp³-hybridized carbons (Fsp3) is 0.381. The third kappa shape index (κ3) is 5.41. The highest BCUT2D eigenvalue weighted by molar-refractivity contribution is 5.77. The van der Waals surface area contributed by atoms with Gasteiger partial charge in [0.1, 0.15) is 5.75 Å². The van der Waals surface area contributed by atoms with E-state index in [1.54, 1.807) is 14.2 Å². The molecule has 0 aliphatic heterocycles. The van der Waals surface area contributed by atoms with Gasteiger partial charge in [0.15, 0.2) is 18.1 Å². The number of carbonyl (C=O) groups is 1. The normalized spacial score (nSPS) is 11.5. The molecule has 0 saturated carbocycles. The first-order valence-electron chi connectivity index (χ1n) is 8.77. The Kier molecular flexibility index (Phi) is 7.33. The highest BCUT2D eigenvalue weighted by Gasteiger charge is 2.07. The molecule has 0 heterocycles. The van der Waals surface area contributed by atoms with E-state index in [0.717, 1.165) is 12.0 Å². The standard InChI is InChI=1S/C21H27NO4/c1-5-15(2)17-7-9-18(10-8-17)26-14-21(23)22-13-16-6-11-19(24-3)20(12-16)25-4/h6-12,15H,5,13-14H2,1-4H3,(H,22,23). The molecule has 0 radical (unpaired) electrons. The van der Waals surface area contributed by atoms with Crippen molar-refractivity contribution in [3.05, 3.63) is 53.6 Å². The molecule has 0 saturated heterocycles. The summed E-state index contributed by atoms with van der Waals surface area (Å²) in [5, 5.41) is 2.84. The molecule has 0 spiro atoms. The molecule has 1 N–H and O–H groups in total. The Hall–Kier alpha value is -2.69. The number of nitrogens with one attached hydrogen (secondary N) is 1. The second-order valence-corrected chi connectivity index (χ2v) is 6.13. The van der Waals surface area contributed by atoms with Gasteiger partial charge in [-0.15, -0.1) is 0 Å². The van der Waals surface area contributed by atoms with Gasteiger partial charge in [-0.3, -0.25) is 4.79 Å². The third-order valence-electron chi connectivity index (χ3n) is 4.37. The first kappa shape index (κ1) is 19.6. The number of carbonyl (C=O) groups excluding carboxylic acids is 1. The molecule has 0 aliphatic carbocycles. The highest BCUT2D eigenvalue weighted by atomic mass is 16.5. The molecule has 1 amide bonds. The molecule has 2 aromatic carbocycles. The van der Waals surface area contributed by atoms with Crippen LogP contribution < -0.4 is 19.5 Å². The van der Waals surface area contributed by atoms with Gasteiger partial charge in [0, 0.05) is 6.54 Å². The summed E-state index contributed by atoms with van der Waals surface area (Å²) in [5.41, 5.74) is 2.20. The topological polar surface area (TPSA) is 56.8 Å². The lowest BCUT2D eigenvalue weighted by Crippen LogP contribution is -2.28. The van der Waals surface area contributed by atoms with Gasteiger partial charge in [-0.25, -0.2) is 0 Å². The van der Waals surface area contributed by atoms with E-state index >= 15 is 0 Å². The van der Waals surface area contributed by atoms with Crippen molar-refractivity contribution in [2.24, 2.45) is 0 Å². The van der Waals surface area contributed by atoms with Gasteiger partial charge in [-0.2, -0.15) is 0 Å². The van der Waals surface area contributed by atoms with E-state index in [1.165, 1.54) is 5.56 Å². The van der Waals surface area contributed by atoms with Crippen molar-refractivity contribution >= 4 is 5.91 Å². The molecule has 26 heavy (non-hydrogen) atoms. The maximum atomic E-state index is 12.0. The maximum absolute atomic E-state index is 12.0. The van der Waals surface area contributed by atoms with E-state index in [1.807, 2.05) is 42.5 Å². The van der Waals surface area contributed by atoms with Gasteiger partial charge in [-0.05, 0) is 47.7 Å². The fourth-order valence-electron chi connectivity index (χ4n) is 2.52. The van der Waals surface area contributed by atoms with Crippen molar-refractivity contribution in [2.45, 2.75) is 32.7 Å². The van der Waals surface area contributed by atoms with Crippen LogP contribution in [0.3, 0.4) is 0 Å². The van der Waals surface area contributed by atoms with E-state index < -0.39 is 0 Å². The molecule has 1 atom stereocenters. The van der Waals surface area contributed by atoms with Crippen LogP contribution >= 0.6 is 0 Å². The molecular formula is C21H27NO4. The lowest BCUT2D eigenvalue weighted by atomic mass is 9.99. The number of amides is 1. The second kappa shape index (κ2) is 9.70. The molecule has 2 rings (SSSR count). The monoisotopic (exact) mass is 357 g/mol. The predicted octanol–water partition coefficient (Wildman–Crippen LogP) is 3.91. The van der Waals surface area contributed by atoms with Crippen LogP contribution in [0, 0.1) is 0 Å². The average Bonchev–Trinajstić information content (AvgIpc) is 2.70. The molecule has 0 aliphatic rings. The van der Waals surface area contributed by atoms with Crippen LogP contribution in [0.2, 0.25) is 0 Å². The Morgan fingerprint density at radius 3 is 2.35 bits per heavy atom. The van der Waals surface area contributed by atoms with Crippen molar-refractivity contribution in [1.82, 2.24) is 5.32 Å². The van der Waals surface area contributed by atoms with Gasteiger partial charge >= 0.3 is 0 Å². The molecule has 140 valence electrons. The van der Waals surface area contributed by atoms with Crippen LogP contribution in [-0.2, 0) is 11.3 Å². The summed E-state index contributed by atoms with van der Waals surface area (Å²) >= 11 is 0. The Balaban J connectivity index is 1.82. The van der Waals surface area contributed by atoms with Gasteiger partial charge in [0.25, 0.3) is 5.91 Å². The van der Waals surface area contributed by atoms with Gasteiger partial charge in [-0.1, -0.05) is 32.0 Å². The van der Waals surface area contributed by atoms with Crippen LogP contribution in [0.5, 0.6) is 17.2 Å². The largest absolute Gasteiger partial charge is 0.493 e. The van der Waals surface area contributed by atoms with Crippen molar-refractivity contribution in [3.63, 3.8) is 0 Å². The molecular weight excluding hydrogens is 330 g/mol. The SMILES string of the molecule is CCC(C)c1ccc(OCC(=O)NCc2ccc(OC)c(OC)c2)cc1. The summed E-state index contributed by atoms with van der Waals surface area (Å²) in [7, 11) is 3.17. The molecule has 0 bridgehead atoms. The van der Waals surface area contributed by atoms with Gasteiger partial charge in [0.05, 0.1) is 14.2 Å². The van der Waals surface area contributed by atoms with E-state index in [4.69, 9.17) is 14.2 Å². The van der Waals surface area contributed by atoms with Crippen molar-refractivity contribution in [2.75, 3.05) is 20.8 Å². The van der Waals surface area contributed by atoms with E-state index in [2.05, 4.69) is 19.2 Å². The van der Waals surface area contributed by atoms with Crippen LogP contribution in [0.15, 0.2) is 42.5 Å². The first-order valence-corrected chi connectivity index (χ1v) is 8.77. The Morgan fingerprint density at radius 2 is 1.73 bits per heavy atom. The quantitative estimate of drug-likeness (QED) is 0.739. The molecule has 2 aromatic rings. The van der Waals surface area contributed by atoms with Crippen LogP contribution in [0.1, 0.15) is 37.3 Å². The molecule has 1 unspecified atom stereocenters. The minimum atomic E-state index is -0.175. The minimum absolute atomic E-state index is 0.0179. The second-order valence-electron chi connectivity index (χ2n) is 6.13. The summed E-state index contributed by atoms with van der Waals surface area (Å²) in [6, 6.07) is 13.4. The smallest absolute Gasteiger partial charge is 0.258 e. The molecule has 5 nitrogen and oxygen atoms in total. The number of methoxy groups -OCH3 is 2. The van der Waals surface area contributed by atoms with Gasteiger partial charge < -0.3 is 19.5 Å². The van der Waals surface area contributed by atoms with Crippen LogP contribution in [0.25, 0.3) is 0 Å². The zero-order valence-corrected chi connectivity index (χ0v) is 15.9. The van der Waals surface area contributed by atoms with E-state index in [9.17, 15) is 4.79 Å². The number of ether oxygens (including phenoxy) is 3. The number of rotatable bonds is 9. The van der Waals surface area contributed by atoms with E-state index in [0.29, 0.717) is 29.7 Å². The molecule has 5 heteroatoms. The Labute approximate surface area is 155 Å². The fourth-order valence-corrected chi connectivity index (χ4v) is 2.52. The molecule has 0 aromatic heterocycles. The Bertz CT molecular complexity index is 712. The summed E-state index contributed by atoms with van der Waals surface area (Å²) in [5.74, 6) is 2.33. The summed E-state index contributed by atoms with van der Waals surface area (Å²) in [6.07, 6.45) is 1.10. The summed E-state index contributed by atoms with van der Waals surface area (Å²) < 4.78 is 16.0. The maximum Gasteiger partial charge on any atom is 0.258 e. The predicted molar refractivity (Wildman–Crippen MR) is 102 cm³/mol. The minimum Gasteiger partial charge on any atom is -0.493 e. The average molecular weight is 357 g/mol. The summed E-state index contributed by atoms with van der Waals surface area (Å²) in [6.45, 7) is 4.74. The van der Waals surface area contributed by atoms with Crippen LogP contribution in [0.4, 0.5) is 0 Å². The first-order chi connectivity index (χ1) is 12.6. The van der Waals surface area contributed by atoms with E-state index in [-0.39, 0.29) is 12.5 Å². The number of benzene rings is 2. The molecule has 0 fully saturated rings. The zero-order valence-electron chi connectivity index (χ0n) is 15.9. The van der Waals surface area contributed by atoms with Gasteiger partial charge in [0.2, 0.25) is 0 Å². The lowest BCUT2D eigenvalue weighted by molar-refractivity contribution is -0.123. The Morgan fingerprint density at radius 1 is 1.04 bits per heavy atom. The number of hydrogen-bond acceptors (Lipinski definition) is 4.